The number of methoxy groups -OCH3 is 1. The highest BCUT2D eigenvalue weighted by atomic mass is 16.6. The number of carbonyl (C=O) groups excluding carboxylic acids is 2. The molecule has 11 nitrogen and oxygen atoms in total. The second kappa shape index (κ2) is 23.4. The number of aryl methyl sites for hydroxylation is 1. The molecular weight excluding hydrogens is 981 g/mol. The van der Waals surface area contributed by atoms with Crippen molar-refractivity contribution in [3.8, 4) is 17.6 Å². The molecule has 5 aromatic rings. The lowest BCUT2D eigenvalue weighted by Gasteiger charge is -2.51. The summed E-state index contributed by atoms with van der Waals surface area (Å²) < 4.78 is 33.3. The molecule has 0 spiro atoms. The Morgan fingerprint density at radius 3 is 2.38 bits per heavy atom. The number of esters is 2. The van der Waals surface area contributed by atoms with Crippen LogP contribution in [-0.2, 0) is 48.7 Å². The molecule has 7 atom stereocenters. The Balaban J connectivity index is 1.09. The predicted octanol–water partition coefficient (Wildman–Crippen LogP) is 11.8. The Bertz CT molecular complexity index is 3160. The number of benzene rings is 4. The maximum atomic E-state index is 15.7. The minimum atomic E-state index is -1.34. The summed E-state index contributed by atoms with van der Waals surface area (Å²) in [7, 11) is 1.51. The maximum absolute atomic E-state index is 15.7. The predicted molar refractivity (Wildman–Crippen MR) is 298 cm³/mol. The molecule has 3 aliphatic carbocycles. The molecule has 7 unspecified atom stereocenters. The number of hydrogen-bond acceptors (Lipinski definition) is 11. The van der Waals surface area contributed by atoms with Gasteiger partial charge >= 0.3 is 17.6 Å². The first-order valence-electron chi connectivity index (χ1n) is 29.0. The number of fused-ring (bicyclic) bond motifs is 9. The van der Waals surface area contributed by atoms with Gasteiger partial charge in [-0.2, -0.15) is 0 Å². The Hall–Kier alpha value is -6.03. The molecule has 410 valence electrons. The summed E-state index contributed by atoms with van der Waals surface area (Å²) in [5, 5.41) is 32.3. The van der Waals surface area contributed by atoms with Crippen molar-refractivity contribution in [3.05, 3.63) is 157 Å². The number of hydrogen-bond donors (Lipinski definition) is 3. The molecule has 3 fully saturated rings. The van der Waals surface area contributed by atoms with Gasteiger partial charge < -0.3 is 38.7 Å². The molecule has 4 heterocycles. The first-order chi connectivity index (χ1) is 38.1. The van der Waals surface area contributed by atoms with E-state index in [1.807, 2.05) is 0 Å². The highest BCUT2D eigenvalue weighted by Crippen LogP contribution is 2.55. The van der Waals surface area contributed by atoms with Gasteiger partial charge in [0, 0.05) is 60.3 Å². The van der Waals surface area contributed by atoms with E-state index in [4.69, 9.17) is 23.4 Å². The van der Waals surface area contributed by atoms with Crippen molar-refractivity contribution in [2.75, 3.05) is 26.9 Å². The minimum Gasteiger partial charge on any atom is -0.481 e. The summed E-state index contributed by atoms with van der Waals surface area (Å²) in [4.78, 5) is 45.5. The van der Waals surface area contributed by atoms with Crippen LogP contribution in [0.5, 0.6) is 5.75 Å². The zero-order chi connectivity index (χ0) is 54.0. The smallest absolute Gasteiger partial charge is 0.340 e. The zero-order valence-corrected chi connectivity index (χ0v) is 45.5. The van der Waals surface area contributed by atoms with Crippen molar-refractivity contribution in [3.63, 3.8) is 0 Å². The third kappa shape index (κ3) is 10.2. The van der Waals surface area contributed by atoms with Crippen molar-refractivity contribution < 1.29 is 48.3 Å². The quantitative estimate of drug-likeness (QED) is 0.0500. The molecule has 11 rings (SSSR count). The molecule has 3 saturated carbocycles. The summed E-state index contributed by atoms with van der Waals surface area (Å²) in [6.45, 7) is 0.711. The second-order valence-electron chi connectivity index (χ2n) is 23.5. The third-order valence-electron chi connectivity index (χ3n) is 19.2. The van der Waals surface area contributed by atoms with Gasteiger partial charge in [-0.25, -0.2) is 9.59 Å². The van der Waals surface area contributed by atoms with E-state index >= 15 is 9.59 Å². The topological polar surface area (TPSA) is 162 Å². The van der Waals surface area contributed by atoms with Crippen LogP contribution < -0.4 is 10.4 Å². The molecule has 0 saturated heterocycles. The molecule has 78 heavy (non-hydrogen) atoms. The molecule has 3 aliphatic heterocycles. The van der Waals surface area contributed by atoms with Crippen LogP contribution in [0.4, 0.5) is 0 Å². The van der Waals surface area contributed by atoms with Crippen molar-refractivity contribution in [2.24, 2.45) is 11.8 Å². The van der Waals surface area contributed by atoms with Crippen molar-refractivity contribution in [1.82, 2.24) is 0 Å². The van der Waals surface area contributed by atoms with Gasteiger partial charge in [-0.05, 0) is 146 Å². The highest BCUT2D eigenvalue weighted by Gasteiger charge is 2.59. The lowest BCUT2D eigenvalue weighted by atomic mass is 9.64. The number of ether oxygens (including phenoxy) is 4. The monoisotopic (exact) mass is 1060 g/mol. The van der Waals surface area contributed by atoms with E-state index in [-0.39, 0.29) is 91.3 Å². The van der Waals surface area contributed by atoms with Gasteiger partial charge in [-0.3, -0.25) is 4.79 Å². The summed E-state index contributed by atoms with van der Waals surface area (Å²) in [5.41, 5.74) is 6.85. The van der Waals surface area contributed by atoms with Gasteiger partial charge in [0.05, 0.1) is 31.8 Å². The van der Waals surface area contributed by atoms with Crippen molar-refractivity contribution in [1.29, 1.82) is 0 Å². The summed E-state index contributed by atoms with van der Waals surface area (Å²) in [6.07, 6.45) is 11.8. The lowest BCUT2D eigenvalue weighted by Crippen LogP contribution is -2.60. The van der Waals surface area contributed by atoms with Gasteiger partial charge in [0.25, 0.3) is 0 Å². The third-order valence-corrected chi connectivity index (χ3v) is 19.2. The van der Waals surface area contributed by atoms with Gasteiger partial charge in [-0.1, -0.05) is 123 Å². The Labute approximate surface area is 458 Å². The van der Waals surface area contributed by atoms with Gasteiger partial charge in [0.15, 0.2) is 17.8 Å². The van der Waals surface area contributed by atoms with Crippen LogP contribution in [0.15, 0.2) is 105 Å². The molecule has 0 amide bonds. The Morgan fingerprint density at radius 1 is 0.821 bits per heavy atom. The van der Waals surface area contributed by atoms with Crippen LogP contribution in [0.1, 0.15) is 190 Å². The van der Waals surface area contributed by atoms with E-state index in [0.717, 1.165) is 75.3 Å². The number of aliphatic hydroxyl groups excluding tert-OH is 3. The fourth-order valence-corrected chi connectivity index (χ4v) is 15.2. The van der Waals surface area contributed by atoms with E-state index < -0.39 is 47.9 Å². The van der Waals surface area contributed by atoms with Crippen LogP contribution in [-0.4, -0.2) is 65.9 Å². The van der Waals surface area contributed by atoms with Crippen molar-refractivity contribution in [2.45, 2.75) is 177 Å². The largest absolute Gasteiger partial charge is 0.481 e. The standard InChI is InChI=1S/C67H76O11/c1-42(39-69)52-25-22-43-23-26-53-46(35-43)15-10-13-33-67(50-19-8-4-9-20-50)63(77-64(52)72)62(60-57(78-67)29-28-55-56(40-70)59(65(73)76-61(55)60)47(30-34-68)41-74-2)75-58(71)38-48-36-45(24-27-54(48)53)44-16-14-21-51(37-44)66(31-11-5-12-32-66)49-17-6-3-7-18-49/h3,6-7,14,16-18,21,23,26,28-29,35,37,45,47-48,50,54,62-63,68-70H,4-5,8-9,11-12,15,19-20,22,24-25,27,30-34,36,38-41H2,1-2H3. The Kier molecular flexibility index (Phi) is 16.2. The molecule has 1 aromatic heterocycles. The first-order valence-corrected chi connectivity index (χ1v) is 29.0. The SMILES string of the molecule is COCC(CCO)c1c(CO)c2ccc3c(c2oc1=O)C1OC(=O)CC2CC(c4cccc(C5(c6ccccc6)CCCCC5)c4)CCC2c2ccc4cc2CC#CCC(C2CCCCC2)(O3)C1OC(=O)C(=C(C)CO)CC4. The van der Waals surface area contributed by atoms with Crippen LogP contribution in [0.3, 0.4) is 0 Å². The fraction of sp³-hybridized carbons (Fsp3) is 0.507. The Morgan fingerprint density at radius 2 is 1.62 bits per heavy atom. The van der Waals surface area contributed by atoms with E-state index in [0.29, 0.717) is 40.7 Å². The summed E-state index contributed by atoms with van der Waals surface area (Å²) in [5.74, 6) is 5.65. The first kappa shape index (κ1) is 53.9. The number of rotatable bonds is 11. The molecule has 3 N–H and O–H groups in total. The molecular formula is C67H76O11. The van der Waals surface area contributed by atoms with Gasteiger partial charge in [-0.15, -0.1) is 0 Å². The average Bonchev–Trinajstić information content (AvgIpc) is 3.60. The van der Waals surface area contributed by atoms with Crippen LogP contribution in [0, 0.1) is 23.7 Å². The van der Waals surface area contributed by atoms with Crippen LogP contribution in [0.25, 0.3) is 11.0 Å². The molecule has 5 bridgehead atoms. The summed E-state index contributed by atoms with van der Waals surface area (Å²) in [6, 6.07) is 30.5. The number of aliphatic hydroxyl groups is 3. The zero-order valence-electron chi connectivity index (χ0n) is 45.5. The molecule has 6 aliphatic rings. The second-order valence-corrected chi connectivity index (χ2v) is 23.5. The van der Waals surface area contributed by atoms with E-state index in [2.05, 4.69) is 84.6 Å². The highest BCUT2D eigenvalue weighted by molar-refractivity contribution is 5.90. The van der Waals surface area contributed by atoms with E-state index in [9.17, 15) is 20.1 Å². The van der Waals surface area contributed by atoms with E-state index in [1.165, 1.54) is 48.6 Å². The molecule has 0 radical (unpaired) electrons. The van der Waals surface area contributed by atoms with Gasteiger partial charge in [0.1, 0.15) is 11.3 Å². The van der Waals surface area contributed by atoms with Crippen molar-refractivity contribution >= 4 is 22.9 Å². The lowest BCUT2D eigenvalue weighted by molar-refractivity contribution is -0.204. The maximum Gasteiger partial charge on any atom is 0.340 e. The van der Waals surface area contributed by atoms with Gasteiger partial charge in [0.2, 0.25) is 0 Å². The normalized spacial score (nSPS) is 26.4. The average molecular weight is 1060 g/mol. The molecule has 4 aromatic carbocycles. The van der Waals surface area contributed by atoms with E-state index in [1.54, 1.807) is 19.1 Å². The molecule has 11 heteroatoms. The van der Waals surface area contributed by atoms with Crippen LogP contribution in [0.2, 0.25) is 0 Å². The summed E-state index contributed by atoms with van der Waals surface area (Å²) >= 11 is 0. The minimum absolute atomic E-state index is 0.0139. The van der Waals surface area contributed by atoms with Crippen LogP contribution >= 0.6 is 0 Å². The number of carbonyl (C=O) groups is 2. The fourth-order valence-electron chi connectivity index (χ4n) is 15.2.